The molecule has 0 saturated carbocycles. The van der Waals surface area contributed by atoms with Gasteiger partial charge in [-0.15, -0.1) is 0 Å². The van der Waals surface area contributed by atoms with Crippen molar-refractivity contribution in [1.82, 2.24) is 4.57 Å². The van der Waals surface area contributed by atoms with E-state index in [0.29, 0.717) is 12.8 Å². The van der Waals surface area contributed by atoms with E-state index in [0.717, 1.165) is 22.2 Å². The molecule has 0 radical (unpaired) electrons. The standard InChI is InChI=1S/C15H19NO3/c1-4-10(15(17)18)7-11-9-16(2)14-6-5-12(19-3)8-13(11)14/h5-6,8-10H,4,7H2,1-3H3,(H,17,18). The summed E-state index contributed by atoms with van der Waals surface area (Å²) in [5, 5.41) is 10.3. The molecule has 4 nitrogen and oxygen atoms in total. The van der Waals surface area contributed by atoms with Crippen molar-refractivity contribution in [3.8, 4) is 5.75 Å². The number of rotatable bonds is 5. The molecule has 0 fully saturated rings. The van der Waals surface area contributed by atoms with E-state index in [1.54, 1.807) is 7.11 Å². The van der Waals surface area contributed by atoms with Crippen LogP contribution in [0.3, 0.4) is 0 Å². The third-order valence-corrected chi connectivity index (χ3v) is 3.59. The smallest absolute Gasteiger partial charge is 0.306 e. The first-order chi connectivity index (χ1) is 9.06. The molecular formula is C15H19NO3. The molecule has 0 saturated heterocycles. The minimum Gasteiger partial charge on any atom is -0.497 e. The largest absolute Gasteiger partial charge is 0.497 e. The Bertz CT molecular complexity index is 601. The van der Waals surface area contributed by atoms with E-state index in [1.165, 1.54) is 0 Å². The highest BCUT2D eigenvalue weighted by Crippen LogP contribution is 2.27. The molecule has 1 aromatic heterocycles. The van der Waals surface area contributed by atoms with Gasteiger partial charge in [0.25, 0.3) is 0 Å². The Labute approximate surface area is 112 Å². The Kier molecular flexibility index (Phi) is 3.79. The van der Waals surface area contributed by atoms with E-state index in [9.17, 15) is 9.90 Å². The van der Waals surface area contributed by atoms with Crippen LogP contribution in [0, 0.1) is 5.92 Å². The number of carbonyl (C=O) groups is 1. The van der Waals surface area contributed by atoms with Gasteiger partial charge in [0, 0.05) is 24.1 Å². The maximum absolute atomic E-state index is 11.2. The van der Waals surface area contributed by atoms with Crippen LogP contribution in [0.2, 0.25) is 0 Å². The van der Waals surface area contributed by atoms with Gasteiger partial charge in [-0.1, -0.05) is 6.92 Å². The average Bonchev–Trinajstić information content (AvgIpc) is 2.71. The van der Waals surface area contributed by atoms with E-state index in [-0.39, 0.29) is 5.92 Å². The van der Waals surface area contributed by atoms with Crippen LogP contribution in [0.4, 0.5) is 0 Å². The lowest BCUT2D eigenvalue weighted by molar-refractivity contribution is -0.141. The minimum absolute atomic E-state index is 0.336. The summed E-state index contributed by atoms with van der Waals surface area (Å²) in [7, 11) is 3.61. The van der Waals surface area contributed by atoms with Gasteiger partial charge in [-0.2, -0.15) is 0 Å². The normalized spacial score (nSPS) is 12.6. The number of hydrogen-bond donors (Lipinski definition) is 1. The molecule has 1 N–H and O–H groups in total. The number of hydrogen-bond acceptors (Lipinski definition) is 2. The highest BCUT2D eigenvalue weighted by Gasteiger charge is 2.18. The fraction of sp³-hybridized carbons (Fsp3) is 0.400. The fourth-order valence-corrected chi connectivity index (χ4v) is 2.41. The van der Waals surface area contributed by atoms with Crippen molar-refractivity contribution in [2.24, 2.45) is 13.0 Å². The van der Waals surface area contributed by atoms with Gasteiger partial charge in [0.2, 0.25) is 0 Å². The van der Waals surface area contributed by atoms with E-state index in [1.807, 2.05) is 42.9 Å². The minimum atomic E-state index is -0.734. The lowest BCUT2D eigenvalue weighted by atomic mass is 9.97. The van der Waals surface area contributed by atoms with Crippen molar-refractivity contribution in [2.75, 3.05) is 7.11 Å². The Hall–Kier alpha value is -1.97. The fourth-order valence-electron chi connectivity index (χ4n) is 2.41. The molecule has 0 spiro atoms. The van der Waals surface area contributed by atoms with Crippen LogP contribution < -0.4 is 4.74 Å². The third kappa shape index (κ3) is 2.57. The van der Waals surface area contributed by atoms with Crippen molar-refractivity contribution in [3.05, 3.63) is 30.0 Å². The number of benzene rings is 1. The summed E-state index contributed by atoms with van der Waals surface area (Å²) in [6.07, 6.45) is 3.20. The molecule has 0 bridgehead atoms. The van der Waals surface area contributed by atoms with Crippen LogP contribution in [-0.2, 0) is 18.3 Å². The SMILES string of the molecule is CCC(Cc1cn(C)c2ccc(OC)cc12)C(=O)O. The molecule has 0 aliphatic rings. The van der Waals surface area contributed by atoms with Crippen LogP contribution in [0.15, 0.2) is 24.4 Å². The number of fused-ring (bicyclic) bond motifs is 1. The first-order valence-electron chi connectivity index (χ1n) is 6.41. The second-order valence-electron chi connectivity index (χ2n) is 4.80. The maximum Gasteiger partial charge on any atom is 0.306 e. The number of carboxylic acids is 1. The Morgan fingerprint density at radius 3 is 2.79 bits per heavy atom. The third-order valence-electron chi connectivity index (χ3n) is 3.59. The number of aliphatic carboxylic acids is 1. The number of aromatic nitrogens is 1. The van der Waals surface area contributed by atoms with Gasteiger partial charge in [0.15, 0.2) is 0 Å². The summed E-state index contributed by atoms with van der Waals surface area (Å²) in [4.78, 5) is 11.2. The van der Waals surface area contributed by atoms with Crippen molar-refractivity contribution in [2.45, 2.75) is 19.8 Å². The van der Waals surface area contributed by atoms with Gasteiger partial charge in [-0.25, -0.2) is 0 Å². The van der Waals surface area contributed by atoms with Crippen molar-refractivity contribution < 1.29 is 14.6 Å². The van der Waals surface area contributed by atoms with Crippen molar-refractivity contribution in [1.29, 1.82) is 0 Å². The summed E-state index contributed by atoms with van der Waals surface area (Å²) >= 11 is 0. The van der Waals surface area contributed by atoms with Crippen molar-refractivity contribution >= 4 is 16.9 Å². The molecule has 0 aliphatic carbocycles. The zero-order valence-corrected chi connectivity index (χ0v) is 11.5. The zero-order chi connectivity index (χ0) is 14.0. The Morgan fingerprint density at radius 2 is 2.21 bits per heavy atom. The van der Waals surface area contributed by atoms with Crippen molar-refractivity contribution in [3.63, 3.8) is 0 Å². The number of ether oxygens (including phenoxy) is 1. The molecule has 1 aromatic carbocycles. The summed E-state index contributed by atoms with van der Waals surface area (Å²) < 4.78 is 7.27. The number of methoxy groups -OCH3 is 1. The van der Waals surface area contributed by atoms with Gasteiger partial charge in [0.05, 0.1) is 13.0 Å². The molecule has 0 aliphatic heterocycles. The van der Waals surface area contributed by atoms with E-state index >= 15 is 0 Å². The molecule has 1 unspecified atom stereocenters. The molecule has 102 valence electrons. The molecule has 2 aromatic rings. The summed E-state index contributed by atoms with van der Waals surface area (Å²) in [6, 6.07) is 5.89. The molecule has 1 atom stereocenters. The van der Waals surface area contributed by atoms with E-state index in [2.05, 4.69) is 0 Å². The van der Waals surface area contributed by atoms with Crippen LogP contribution in [0.25, 0.3) is 10.9 Å². The molecular weight excluding hydrogens is 242 g/mol. The zero-order valence-electron chi connectivity index (χ0n) is 11.5. The predicted molar refractivity (Wildman–Crippen MR) is 74.6 cm³/mol. The first kappa shape index (κ1) is 13.5. The summed E-state index contributed by atoms with van der Waals surface area (Å²) in [5.41, 5.74) is 2.15. The molecule has 19 heavy (non-hydrogen) atoms. The van der Waals surface area contributed by atoms with Gasteiger partial charge in [-0.3, -0.25) is 4.79 Å². The highest BCUT2D eigenvalue weighted by molar-refractivity contribution is 5.86. The maximum atomic E-state index is 11.2. The van der Waals surface area contributed by atoms with Crippen LogP contribution >= 0.6 is 0 Å². The summed E-state index contributed by atoms with van der Waals surface area (Å²) in [6.45, 7) is 1.91. The quantitative estimate of drug-likeness (QED) is 0.900. The lowest BCUT2D eigenvalue weighted by Crippen LogP contribution is -2.15. The Balaban J connectivity index is 2.45. The van der Waals surface area contributed by atoms with Gasteiger partial charge >= 0.3 is 5.97 Å². The van der Waals surface area contributed by atoms with E-state index < -0.39 is 5.97 Å². The molecule has 2 rings (SSSR count). The first-order valence-corrected chi connectivity index (χ1v) is 6.41. The van der Waals surface area contributed by atoms with Gasteiger partial charge in [0.1, 0.15) is 5.75 Å². The second-order valence-corrected chi connectivity index (χ2v) is 4.80. The predicted octanol–water partition coefficient (Wildman–Crippen LogP) is 2.84. The number of carboxylic acid groups (broad SMARTS) is 1. The lowest BCUT2D eigenvalue weighted by Gasteiger charge is -2.08. The molecule has 1 heterocycles. The second kappa shape index (κ2) is 5.34. The summed E-state index contributed by atoms with van der Waals surface area (Å²) in [5.74, 6) is -0.275. The molecule has 4 heteroatoms. The average molecular weight is 261 g/mol. The van der Waals surface area contributed by atoms with Crippen LogP contribution in [0.5, 0.6) is 5.75 Å². The number of nitrogens with zero attached hydrogens (tertiary/aromatic N) is 1. The van der Waals surface area contributed by atoms with E-state index in [4.69, 9.17) is 4.74 Å². The highest BCUT2D eigenvalue weighted by atomic mass is 16.5. The van der Waals surface area contributed by atoms with Gasteiger partial charge < -0.3 is 14.4 Å². The topological polar surface area (TPSA) is 51.5 Å². The molecule has 0 amide bonds. The monoisotopic (exact) mass is 261 g/mol. The van der Waals surface area contributed by atoms with Crippen LogP contribution in [0.1, 0.15) is 18.9 Å². The number of aryl methyl sites for hydroxylation is 1. The van der Waals surface area contributed by atoms with Crippen LogP contribution in [-0.4, -0.2) is 22.8 Å². The van der Waals surface area contributed by atoms with Gasteiger partial charge in [-0.05, 0) is 36.6 Å². The Morgan fingerprint density at radius 1 is 1.47 bits per heavy atom.